The van der Waals surface area contributed by atoms with Crippen LogP contribution in [0.4, 0.5) is 0 Å². The van der Waals surface area contributed by atoms with Crippen LogP contribution in [0.15, 0.2) is 69.8 Å². The van der Waals surface area contributed by atoms with Gasteiger partial charge in [0.2, 0.25) is 5.91 Å². The zero-order chi connectivity index (χ0) is 22.9. The molecule has 1 unspecified atom stereocenters. The van der Waals surface area contributed by atoms with E-state index >= 15 is 0 Å². The quantitative estimate of drug-likeness (QED) is 0.421. The highest BCUT2D eigenvalue weighted by Crippen LogP contribution is 2.26. The standard InChI is InChI=1S/C21H18N4O5S2/c1-13-6-8-15(9-7-13)32(29,30)25-12-14(16-4-2-3-5-17(16)25)11-22-24-21-23-20(28)18(31-21)10-19(26)27/h2-9,11-12,18H,10H2,1H3,(H,26,27)(H,23,24,28). The van der Waals surface area contributed by atoms with Gasteiger partial charge in [-0.1, -0.05) is 47.7 Å². The summed E-state index contributed by atoms with van der Waals surface area (Å²) in [5.41, 5.74) is 1.97. The van der Waals surface area contributed by atoms with Crippen LogP contribution in [0.2, 0.25) is 0 Å². The molecule has 0 saturated carbocycles. The molecule has 2 aromatic carbocycles. The van der Waals surface area contributed by atoms with Crippen LogP contribution in [0.5, 0.6) is 0 Å². The minimum atomic E-state index is -3.83. The van der Waals surface area contributed by atoms with Crippen LogP contribution in [0.25, 0.3) is 10.9 Å². The number of fused-ring (bicyclic) bond motifs is 1. The smallest absolute Gasteiger partial charge is 0.305 e. The minimum absolute atomic E-state index is 0.169. The highest BCUT2D eigenvalue weighted by Gasteiger charge is 2.32. The third-order valence-corrected chi connectivity index (χ3v) is 7.53. The molecule has 32 heavy (non-hydrogen) atoms. The van der Waals surface area contributed by atoms with E-state index in [1.54, 1.807) is 48.5 Å². The van der Waals surface area contributed by atoms with E-state index in [1.807, 2.05) is 6.92 Å². The summed E-state index contributed by atoms with van der Waals surface area (Å²) in [6.07, 6.45) is 2.55. The fourth-order valence-corrected chi connectivity index (χ4v) is 5.48. The number of carbonyl (C=O) groups excluding carboxylic acids is 1. The molecule has 11 heteroatoms. The number of para-hydroxylation sites is 1. The van der Waals surface area contributed by atoms with E-state index in [0.29, 0.717) is 16.5 Å². The van der Waals surface area contributed by atoms with E-state index in [9.17, 15) is 18.0 Å². The van der Waals surface area contributed by atoms with Crippen LogP contribution < -0.4 is 5.32 Å². The van der Waals surface area contributed by atoms with Gasteiger partial charge in [0.1, 0.15) is 5.25 Å². The number of thioether (sulfide) groups is 1. The van der Waals surface area contributed by atoms with Crippen molar-refractivity contribution in [2.75, 3.05) is 0 Å². The van der Waals surface area contributed by atoms with Crippen LogP contribution in [0.3, 0.4) is 0 Å². The number of carbonyl (C=O) groups is 2. The van der Waals surface area contributed by atoms with E-state index < -0.39 is 27.1 Å². The summed E-state index contributed by atoms with van der Waals surface area (Å²) in [6.45, 7) is 1.88. The van der Waals surface area contributed by atoms with E-state index in [2.05, 4.69) is 15.5 Å². The number of aliphatic carboxylic acids is 1. The van der Waals surface area contributed by atoms with Crippen molar-refractivity contribution in [3.8, 4) is 0 Å². The number of hydrogen-bond acceptors (Lipinski definition) is 7. The van der Waals surface area contributed by atoms with Gasteiger partial charge in [0.15, 0.2) is 5.17 Å². The maximum absolute atomic E-state index is 13.2. The molecular formula is C21H18N4O5S2. The van der Waals surface area contributed by atoms with E-state index in [-0.39, 0.29) is 16.5 Å². The lowest BCUT2D eigenvalue weighted by Gasteiger charge is -2.07. The number of nitrogens with zero attached hydrogens (tertiary/aromatic N) is 3. The van der Waals surface area contributed by atoms with Crippen molar-refractivity contribution in [3.63, 3.8) is 0 Å². The Bertz CT molecular complexity index is 1370. The molecule has 0 spiro atoms. The molecule has 1 fully saturated rings. The Balaban J connectivity index is 1.66. The predicted molar refractivity (Wildman–Crippen MR) is 123 cm³/mol. The minimum Gasteiger partial charge on any atom is -0.481 e. The van der Waals surface area contributed by atoms with Crippen LogP contribution in [-0.2, 0) is 19.6 Å². The molecule has 0 radical (unpaired) electrons. The fourth-order valence-electron chi connectivity index (χ4n) is 3.19. The lowest BCUT2D eigenvalue weighted by molar-refractivity contribution is -0.138. The summed E-state index contributed by atoms with van der Waals surface area (Å²) in [7, 11) is -3.83. The average molecular weight is 471 g/mol. The number of aromatic nitrogens is 1. The molecule has 3 aromatic rings. The molecule has 1 aliphatic heterocycles. The zero-order valence-corrected chi connectivity index (χ0v) is 18.4. The molecule has 1 atom stereocenters. The number of nitrogens with one attached hydrogen (secondary N) is 1. The lowest BCUT2D eigenvalue weighted by Crippen LogP contribution is -2.26. The Morgan fingerprint density at radius 3 is 2.66 bits per heavy atom. The van der Waals surface area contributed by atoms with Crippen molar-refractivity contribution in [1.82, 2.24) is 9.29 Å². The number of benzene rings is 2. The van der Waals surface area contributed by atoms with Crippen LogP contribution in [0, 0.1) is 6.92 Å². The van der Waals surface area contributed by atoms with Gasteiger partial charge in [0.05, 0.1) is 23.0 Å². The first-order chi connectivity index (χ1) is 15.3. The number of carboxylic acids is 1. The largest absolute Gasteiger partial charge is 0.481 e. The normalized spacial score (nSPS) is 18.0. The monoisotopic (exact) mass is 470 g/mol. The zero-order valence-electron chi connectivity index (χ0n) is 16.8. The number of aryl methyl sites for hydroxylation is 1. The summed E-state index contributed by atoms with van der Waals surface area (Å²) in [5, 5.41) is 19.3. The molecule has 2 N–H and O–H groups in total. The fraction of sp³-hybridized carbons (Fsp3) is 0.143. The van der Waals surface area contributed by atoms with Crippen LogP contribution in [0.1, 0.15) is 17.5 Å². The van der Waals surface area contributed by atoms with Gasteiger partial charge < -0.3 is 10.4 Å². The molecule has 164 valence electrons. The molecule has 1 aromatic heterocycles. The molecule has 2 heterocycles. The highest BCUT2D eigenvalue weighted by molar-refractivity contribution is 8.15. The highest BCUT2D eigenvalue weighted by atomic mass is 32.2. The summed E-state index contributed by atoms with van der Waals surface area (Å²) >= 11 is 0.987. The Labute approximate surface area is 187 Å². The molecule has 9 nitrogen and oxygen atoms in total. The van der Waals surface area contributed by atoms with Gasteiger partial charge >= 0.3 is 5.97 Å². The van der Waals surface area contributed by atoms with Crippen molar-refractivity contribution < 1.29 is 23.1 Å². The van der Waals surface area contributed by atoms with Crippen LogP contribution >= 0.6 is 11.8 Å². The summed E-state index contributed by atoms with van der Waals surface area (Å²) in [6, 6.07) is 13.6. The first kappa shape index (κ1) is 21.8. The maximum atomic E-state index is 13.2. The number of carboxylic acid groups (broad SMARTS) is 1. The number of hydrogen-bond donors (Lipinski definition) is 2. The van der Waals surface area contributed by atoms with Crippen molar-refractivity contribution in [2.24, 2.45) is 10.2 Å². The van der Waals surface area contributed by atoms with Gasteiger partial charge in [-0.15, -0.1) is 5.10 Å². The van der Waals surface area contributed by atoms with Crippen molar-refractivity contribution in [2.45, 2.75) is 23.5 Å². The topological polar surface area (TPSA) is 130 Å². The van der Waals surface area contributed by atoms with Gasteiger partial charge in [-0.25, -0.2) is 12.4 Å². The van der Waals surface area contributed by atoms with E-state index in [4.69, 9.17) is 5.11 Å². The van der Waals surface area contributed by atoms with Gasteiger partial charge in [-0.2, -0.15) is 5.10 Å². The van der Waals surface area contributed by atoms with Gasteiger partial charge in [-0.3, -0.25) is 9.59 Å². The summed E-state index contributed by atoms with van der Waals surface area (Å²) in [5.74, 6) is -1.52. The van der Waals surface area contributed by atoms with Gasteiger partial charge in [-0.05, 0) is 25.1 Å². The number of amides is 1. The predicted octanol–water partition coefficient (Wildman–Crippen LogP) is 2.58. The summed E-state index contributed by atoms with van der Waals surface area (Å²) in [4.78, 5) is 22.8. The van der Waals surface area contributed by atoms with E-state index in [1.165, 1.54) is 16.4 Å². The average Bonchev–Trinajstić information content (AvgIpc) is 3.29. The SMILES string of the molecule is Cc1ccc(S(=O)(=O)n2cc(C=N/N=C3\NC(=O)C(CC(=O)O)S3)c3ccccc32)cc1. The first-order valence-electron chi connectivity index (χ1n) is 9.48. The molecule has 1 saturated heterocycles. The summed E-state index contributed by atoms with van der Waals surface area (Å²) < 4.78 is 27.6. The van der Waals surface area contributed by atoms with Crippen molar-refractivity contribution in [1.29, 1.82) is 0 Å². The Hall–Kier alpha value is -3.44. The second-order valence-electron chi connectivity index (χ2n) is 7.06. The Kier molecular flexibility index (Phi) is 5.85. The van der Waals surface area contributed by atoms with Gasteiger partial charge in [0, 0.05) is 17.1 Å². The van der Waals surface area contributed by atoms with Gasteiger partial charge in [0.25, 0.3) is 10.0 Å². The lowest BCUT2D eigenvalue weighted by atomic mass is 10.2. The maximum Gasteiger partial charge on any atom is 0.305 e. The molecule has 0 aliphatic carbocycles. The number of rotatable bonds is 6. The third kappa shape index (κ3) is 4.30. The second-order valence-corrected chi connectivity index (χ2v) is 10.1. The van der Waals surface area contributed by atoms with Crippen molar-refractivity contribution in [3.05, 3.63) is 65.9 Å². The molecule has 1 amide bonds. The molecule has 1 aliphatic rings. The number of amidine groups is 1. The molecule has 4 rings (SSSR count). The molecule has 0 bridgehead atoms. The van der Waals surface area contributed by atoms with E-state index in [0.717, 1.165) is 17.3 Å². The Morgan fingerprint density at radius 2 is 1.94 bits per heavy atom. The van der Waals surface area contributed by atoms with Crippen molar-refractivity contribution >= 4 is 55.9 Å². The molecular weight excluding hydrogens is 452 g/mol. The Morgan fingerprint density at radius 1 is 1.22 bits per heavy atom. The second kappa shape index (κ2) is 8.60. The first-order valence-corrected chi connectivity index (χ1v) is 11.8. The third-order valence-electron chi connectivity index (χ3n) is 4.77. The van der Waals surface area contributed by atoms with Crippen LogP contribution in [-0.4, -0.2) is 46.0 Å².